The van der Waals surface area contributed by atoms with Crippen molar-refractivity contribution < 1.29 is 39.0 Å². The van der Waals surface area contributed by atoms with E-state index in [0.717, 1.165) is 12.2 Å². The summed E-state index contributed by atoms with van der Waals surface area (Å²) in [4.78, 5) is 68.5. The van der Waals surface area contributed by atoms with Crippen LogP contribution in [0.1, 0.15) is 51.9 Å². The summed E-state index contributed by atoms with van der Waals surface area (Å²) in [6, 6.07) is -2.95. The second-order valence-electron chi connectivity index (χ2n) is 9.92. The van der Waals surface area contributed by atoms with Crippen LogP contribution < -0.4 is 31.9 Å². The fourth-order valence-electron chi connectivity index (χ4n) is 4.25. The molecule has 0 spiro atoms. The van der Waals surface area contributed by atoms with Gasteiger partial charge in [0.25, 0.3) is 0 Å². The summed E-state index contributed by atoms with van der Waals surface area (Å²) in [6.07, 6.45) is 5.63. The van der Waals surface area contributed by atoms with E-state index in [9.17, 15) is 28.8 Å². The summed E-state index contributed by atoms with van der Waals surface area (Å²) in [5, 5.41) is 33.0. The largest absolute Gasteiger partial charge is 0.396 e. The maximum absolute atomic E-state index is 11.6. The van der Waals surface area contributed by atoms with E-state index in [-0.39, 0.29) is 73.6 Å². The molecule has 0 aliphatic carbocycles. The number of hydrogen-bond acceptors (Lipinski definition) is 9. The van der Waals surface area contributed by atoms with Crippen LogP contribution in [0.25, 0.3) is 0 Å². The van der Waals surface area contributed by atoms with Gasteiger partial charge in [0.1, 0.15) is 36.3 Å². The van der Waals surface area contributed by atoms with Gasteiger partial charge in [-0.25, -0.2) is 0 Å². The van der Waals surface area contributed by atoms with Crippen molar-refractivity contribution in [3.8, 4) is 0 Å². The first-order valence-electron chi connectivity index (χ1n) is 14.2. The third-order valence-corrected chi connectivity index (χ3v) is 7.70. The quantitative estimate of drug-likeness (QED) is 0.107. The fourth-order valence-corrected chi connectivity index (χ4v) is 5.16. The maximum atomic E-state index is 11.6. The molecule has 14 nitrogen and oxygen atoms in total. The minimum absolute atomic E-state index is 0.0393. The molecule has 0 bridgehead atoms. The smallest absolute Gasteiger partial charge is 0.243 e. The number of nitrogens with one attached hydrogen (secondary N) is 6. The maximum Gasteiger partial charge on any atom is 0.243 e. The highest BCUT2D eigenvalue weighted by molar-refractivity contribution is 7.98. The molecule has 0 aromatic carbocycles. The molecular formula is C26H44Cl2N6O8S. The van der Waals surface area contributed by atoms with Crippen molar-refractivity contribution in [2.24, 2.45) is 0 Å². The second-order valence-corrected chi connectivity index (χ2v) is 11.7. The Bertz CT molecular complexity index is 853. The van der Waals surface area contributed by atoms with E-state index in [0.29, 0.717) is 37.4 Å². The number of carbonyl (C=O) groups is 6. The van der Waals surface area contributed by atoms with Crippen LogP contribution in [0.4, 0.5) is 0 Å². The monoisotopic (exact) mass is 670 g/mol. The van der Waals surface area contributed by atoms with Gasteiger partial charge in [0, 0.05) is 25.0 Å². The first kappa shape index (κ1) is 38.7. The number of aliphatic hydroxyl groups is 2. The molecule has 0 aromatic heterocycles. The number of amides is 6. The van der Waals surface area contributed by atoms with Gasteiger partial charge in [0.2, 0.25) is 35.4 Å². The molecule has 6 amide bonds. The molecule has 3 heterocycles. The summed E-state index contributed by atoms with van der Waals surface area (Å²) >= 11 is 12.7. The predicted molar refractivity (Wildman–Crippen MR) is 164 cm³/mol. The van der Waals surface area contributed by atoms with Gasteiger partial charge < -0.3 is 42.1 Å². The van der Waals surface area contributed by atoms with E-state index >= 15 is 0 Å². The molecular weight excluding hydrogens is 627 g/mol. The summed E-state index contributed by atoms with van der Waals surface area (Å²) in [5.74, 6) is 0.521. The van der Waals surface area contributed by atoms with Crippen LogP contribution in [0.15, 0.2) is 0 Å². The van der Waals surface area contributed by atoms with Crippen molar-refractivity contribution in [3.63, 3.8) is 0 Å². The van der Waals surface area contributed by atoms with Gasteiger partial charge in [0.05, 0.1) is 0 Å². The van der Waals surface area contributed by atoms with Crippen LogP contribution in [-0.4, -0.2) is 119 Å². The van der Waals surface area contributed by atoms with Gasteiger partial charge in [0.15, 0.2) is 0 Å². The van der Waals surface area contributed by atoms with Crippen LogP contribution in [-0.2, 0) is 28.8 Å². The van der Waals surface area contributed by atoms with E-state index < -0.39 is 24.2 Å². The zero-order chi connectivity index (χ0) is 32.4. The van der Waals surface area contributed by atoms with Crippen LogP contribution in [0.3, 0.4) is 0 Å². The highest BCUT2D eigenvalue weighted by Crippen LogP contribution is 2.09. The number of hydrogen-bond donors (Lipinski definition) is 8. The Morgan fingerprint density at radius 3 is 1.07 bits per heavy atom. The third kappa shape index (κ3) is 13.5. The van der Waals surface area contributed by atoms with Crippen LogP contribution in [0, 0.1) is 0 Å². The normalized spacial score (nSPS) is 26.7. The van der Waals surface area contributed by atoms with E-state index in [1.165, 1.54) is 0 Å². The lowest BCUT2D eigenvalue weighted by Crippen LogP contribution is -2.61. The Morgan fingerprint density at radius 2 is 0.814 bits per heavy atom. The molecule has 43 heavy (non-hydrogen) atoms. The molecule has 3 saturated heterocycles. The van der Waals surface area contributed by atoms with Crippen LogP contribution in [0.5, 0.6) is 0 Å². The van der Waals surface area contributed by atoms with E-state index in [4.69, 9.17) is 33.4 Å². The van der Waals surface area contributed by atoms with Crippen LogP contribution in [0.2, 0.25) is 0 Å². The topological polar surface area (TPSA) is 215 Å². The first-order chi connectivity index (χ1) is 20.6. The van der Waals surface area contributed by atoms with Crippen molar-refractivity contribution >= 4 is 70.4 Å². The molecule has 6 atom stereocenters. The summed E-state index contributed by atoms with van der Waals surface area (Å²) in [5.41, 5.74) is 0. The summed E-state index contributed by atoms with van der Waals surface area (Å²) in [6.45, 7) is 1.70. The lowest BCUT2D eigenvalue weighted by molar-refractivity contribution is -0.137. The predicted octanol–water partition coefficient (Wildman–Crippen LogP) is -1.52. The van der Waals surface area contributed by atoms with Crippen LogP contribution >= 0.6 is 35.0 Å². The molecule has 17 heteroatoms. The lowest BCUT2D eigenvalue weighted by Gasteiger charge is -2.29. The lowest BCUT2D eigenvalue weighted by atomic mass is 10.1. The van der Waals surface area contributed by atoms with Crippen molar-refractivity contribution in [3.05, 3.63) is 0 Å². The van der Waals surface area contributed by atoms with E-state index in [1.54, 1.807) is 11.8 Å². The minimum Gasteiger partial charge on any atom is -0.396 e. The Kier molecular flexibility index (Phi) is 19.2. The Balaban J connectivity index is 0.000000323. The minimum atomic E-state index is -0.651. The number of halogens is 2. The number of thioether (sulfide) groups is 1. The molecule has 3 aliphatic heterocycles. The number of piperazine rings is 3. The van der Waals surface area contributed by atoms with Gasteiger partial charge in [-0.15, -0.1) is 23.2 Å². The van der Waals surface area contributed by atoms with Gasteiger partial charge in [-0.05, 0) is 50.5 Å². The SMILES string of the molecule is CCCC1NC(=O)C(CCSC)NC1=O.O=C1NC(CCCl)C(=O)NC1CCCl.O=C1NC(CCO)C(=O)NC1CCO. The van der Waals surface area contributed by atoms with Gasteiger partial charge in [-0.3, -0.25) is 28.8 Å². The number of rotatable bonds is 13. The number of aliphatic hydroxyl groups excluding tert-OH is 2. The van der Waals surface area contributed by atoms with Gasteiger partial charge in [-0.2, -0.15) is 11.8 Å². The second kappa shape index (κ2) is 21.4. The zero-order valence-corrected chi connectivity index (χ0v) is 26.8. The Morgan fingerprint density at radius 1 is 0.535 bits per heavy atom. The molecule has 6 unspecified atom stereocenters. The zero-order valence-electron chi connectivity index (χ0n) is 24.5. The average molecular weight is 672 g/mol. The summed E-state index contributed by atoms with van der Waals surface area (Å²) in [7, 11) is 0. The molecule has 3 fully saturated rings. The fraction of sp³-hybridized carbons (Fsp3) is 0.769. The van der Waals surface area contributed by atoms with Crippen molar-refractivity contribution in [1.29, 1.82) is 0 Å². The molecule has 3 rings (SSSR count). The Labute approximate surface area is 265 Å². The molecule has 0 aromatic rings. The third-order valence-electron chi connectivity index (χ3n) is 6.62. The highest BCUT2D eigenvalue weighted by atomic mass is 35.5. The Hall–Kier alpha value is -2.33. The molecule has 246 valence electrons. The van der Waals surface area contributed by atoms with Gasteiger partial charge >= 0.3 is 0 Å². The average Bonchev–Trinajstić information content (AvgIpc) is 2.96. The van der Waals surface area contributed by atoms with E-state index in [1.807, 2.05) is 13.2 Å². The highest BCUT2D eigenvalue weighted by Gasteiger charge is 2.34. The summed E-state index contributed by atoms with van der Waals surface area (Å²) < 4.78 is 0. The van der Waals surface area contributed by atoms with Crippen molar-refractivity contribution in [2.75, 3.05) is 37.0 Å². The van der Waals surface area contributed by atoms with Gasteiger partial charge in [-0.1, -0.05) is 13.3 Å². The first-order valence-corrected chi connectivity index (χ1v) is 16.7. The number of alkyl halides is 2. The molecule has 8 N–H and O–H groups in total. The van der Waals surface area contributed by atoms with Crippen molar-refractivity contribution in [1.82, 2.24) is 31.9 Å². The van der Waals surface area contributed by atoms with Crippen molar-refractivity contribution in [2.45, 2.75) is 88.1 Å². The molecule has 0 saturated carbocycles. The molecule has 0 radical (unpaired) electrons. The standard InChI is InChI=1S/C10H18N2O2S.C8H12Cl2N2O2.C8H14N2O4/c1-3-4-7-9(13)12-8(5-6-15-2)10(14)11-7;9-3-1-5-7(13)12-6(2-4-10)8(14)11-5;11-3-1-5-7(13)10-6(2-4-12)8(14)9-5/h7-8H,3-6H2,1-2H3,(H,11,14)(H,12,13);5-6H,1-4H2,(H,11,14)(H,12,13);5-6,11-12H,1-4H2,(H,9,14)(H,10,13). The van der Waals surface area contributed by atoms with E-state index in [2.05, 4.69) is 31.9 Å². The molecule has 3 aliphatic rings. The number of carbonyl (C=O) groups excluding carboxylic acids is 6.